The molecule has 3 atom stereocenters. The average Bonchev–Trinajstić information content (AvgIpc) is 3.18. The highest BCUT2D eigenvalue weighted by molar-refractivity contribution is 8.00. The molecule has 0 aliphatic carbocycles. The quantitative estimate of drug-likeness (QED) is 0.659. The van der Waals surface area contributed by atoms with Gasteiger partial charge in [0.1, 0.15) is 5.25 Å². The number of carbonyl (C=O) groups excluding carboxylic acids is 2. The number of fused-ring (bicyclic) bond motifs is 2. The zero-order valence-electron chi connectivity index (χ0n) is 14.9. The lowest BCUT2D eigenvalue weighted by Crippen LogP contribution is -2.32. The molecule has 2 aliphatic heterocycles. The lowest BCUT2D eigenvalue weighted by atomic mass is 9.83. The van der Waals surface area contributed by atoms with E-state index in [2.05, 4.69) is 4.98 Å². The SMILES string of the molecule is Cc1ccc(N2C(=O)[C@@H]3[C@H](c4ccccc4)c4sc(=O)[nH]c4S[C@H]3C2=O)cc1. The Hall–Kier alpha value is -2.64. The first-order valence-corrected chi connectivity index (χ1v) is 10.6. The van der Waals surface area contributed by atoms with Crippen LogP contribution < -0.4 is 9.77 Å². The second-order valence-corrected chi connectivity index (χ2v) is 9.17. The summed E-state index contributed by atoms with van der Waals surface area (Å²) in [6.07, 6.45) is 0. The van der Waals surface area contributed by atoms with Gasteiger partial charge >= 0.3 is 4.87 Å². The van der Waals surface area contributed by atoms with Crippen molar-refractivity contribution in [3.05, 3.63) is 80.3 Å². The van der Waals surface area contributed by atoms with Gasteiger partial charge in [0.15, 0.2) is 0 Å². The summed E-state index contributed by atoms with van der Waals surface area (Å²) in [6, 6.07) is 17.1. The highest BCUT2D eigenvalue weighted by Gasteiger charge is 2.56. The van der Waals surface area contributed by atoms with Gasteiger partial charge in [-0.15, -0.1) is 0 Å². The number of thiazole rings is 1. The summed E-state index contributed by atoms with van der Waals surface area (Å²) in [4.78, 5) is 43.5. The fourth-order valence-electron chi connectivity index (χ4n) is 3.98. The number of H-pyrrole nitrogens is 1. The second-order valence-electron chi connectivity index (χ2n) is 7.01. The van der Waals surface area contributed by atoms with Crippen molar-refractivity contribution in [2.45, 2.75) is 23.1 Å². The van der Waals surface area contributed by atoms with Crippen molar-refractivity contribution < 1.29 is 9.59 Å². The van der Waals surface area contributed by atoms with Crippen LogP contribution in [-0.2, 0) is 9.59 Å². The van der Waals surface area contributed by atoms with Crippen LogP contribution in [-0.4, -0.2) is 22.0 Å². The van der Waals surface area contributed by atoms with Crippen LogP contribution >= 0.6 is 23.1 Å². The van der Waals surface area contributed by atoms with E-state index in [-0.39, 0.29) is 22.6 Å². The zero-order valence-corrected chi connectivity index (χ0v) is 16.5. The minimum Gasteiger partial charge on any atom is -0.307 e. The molecule has 1 saturated heterocycles. The smallest absolute Gasteiger partial charge is 0.305 e. The Morgan fingerprint density at radius 2 is 1.64 bits per heavy atom. The molecule has 3 heterocycles. The molecule has 0 radical (unpaired) electrons. The second kappa shape index (κ2) is 6.46. The Kier molecular flexibility index (Phi) is 4.03. The van der Waals surface area contributed by atoms with E-state index in [4.69, 9.17) is 0 Å². The minimum absolute atomic E-state index is 0.159. The lowest BCUT2D eigenvalue weighted by molar-refractivity contribution is -0.122. The van der Waals surface area contributed by atoms with Crippen LogP contribution in [0.25, 0.3) is 0 Å². The van der Waals surface area contributed by atoms with Crippen molar-refractivity contribution in [2.75, 3.05) is 4.90 Å². The van der Waals surface area contributed by atoms with Gasteiger partial charge in [-0.25, -0.2) is 4.90 Å². The molecule has 0 bridgehead atoms. The molecular formula is C21H16N2O3S2. The predicted octanol–water partition coefficient (Wildman–Crippen LogP) is 3.54. The first kappa shape index (κ1) is 17.5. The number of hydrogen-bond acceptors (Lipinski definition) is 5. The zero-order chi connectivity index (χ0) is 19.4. The molecule has 7 heteroatoms. The molecule has 5 nitrogen and oxygen atoms in total. The topological polar surface area (TPSA) is 70.2 Å². The number of thioether (sulfide) groups is 1. The minimum atomic E-state index is -0.545. The van der Waals surface area contributed by atoms with E-state index >= 15 is 0 Å². The summed E-state index contributed by atoms with van der Waals surface area (Å²) in [7, 11) is 0. The highest BCUT2D eigenvalue weighted by Crippen LogP contribution is 2.53. The van der Waals surface area contributed by atoms with E-state index < -0.39 is 11.2 Å². The molecule has 0 saturated carbocycles. The number of imide groups is 1. The summed E-state index contributed by atoms with van der Waals surface area (Å²) in [5.41, 5.74) is 2.61. The molecule has 2 aromatic carbocycles. The number of hydrogen-bond donors (Lipinski definition) is 1. The van der Waals surface area contributed by atoms with Crippen molar-refractivity contribution in [2.24, 2.45) is 5.92 Å². The van der Waals surface area contributed by atoms with Crippen molar-refractivity contribution in [3.8, 4) is 0 Å². The predicted molar refractivity (Wildman–Crippen MR) is 110 cm³/mol. The number of aryl methyl sites for hydroxylation is 1. The number of benzene rings is 2. The van der Waals surface area contributed by atoms with Crippen LogP contribution in [0, 0.1) is 12.8 Å². The summed E-state index contributed by atoms with van der Waals surface area (Å²) < 4.78 is 0. The summed E-state index contributed by atoms with van der Waals surface area (Å²) in [6.45, 7) is 1.97. The summed E-state index contributed by atoms with van der Waals surface area (Å²) >= 11 is 2.43. The maximum absolute atomic E-state index is 13.4. The average molecular weight is 409 g/mol. The van der Waals surface area contributed by atoms with Gasteiger partial charge in [0.05, 0.1) is 16.6 Å². The van der Waals surface area contributed by atoms with Crippen LogP contribution in [0.4, 0.5) is 5.69 Å². The van der Waals surface area contributed by atoms with Crippen LogP contribution in [0.2, 0.25) is 0 Å². The number of aromatic nitrogens is 1. The number of anilines is 1. The van der Waals surface area contributed by atoms with Crippen molar-refractivity contribution in [3.63, 3.8) is 0 Å². The largest absolute Gasteiger partial charge is 0.307 e. The van der Waals surface area contributed by atoms with E-state index in [0.717, 1.165) is 27.3 Å². The molecule has 1 N–H and O–H groups in total. The maximum Gasteiger partial charge on any atom is 0.305 e. The number of nitrogens with one attached hydrogen (secondary N) is 1. The molecule has 5 rings (SSSR count). The molecule has 3 aromatic rings. The fraction of sp³-hybridized carbons (Fsp3) is 0.190. The van der Waals surface area contributed by atoms with Crippen LogP contribution in [0.1, 0.15) is 21.9 Å². The van der Waals surface area contributed by atoms with Gasteiger partial charge in [0, 0.05) is 10.8 Å². The molecular weight excluding hydrogens is 392 g/mol. The van der Waals surface area contributed by atoms with Crippen molar-refractivity contribution >= 4 is 40.6 Å². The van der Waals surface area contributed by atoms with Gasteiger partial charge in [-0.2, -0.15) is 0 Å². The Morgan fingerprint density at radius 1 is 0.929 bits per heavy atom. The molecule has 1 aromatic heterocycles. The van der Waals surface area contributed by atoms with Gasteiger partial charge in [-0.05, 0) is 24.6 Å². The van der Waals surface area contributed by atoms with E-state index in [1.807, 2.05) is 61.5 Å². The van der Waals surface area contributed by atoms with E-state index in [1.165, 1.54) is 16.7 Å². The highest BCUT2D eigenvalue weighted by atomic mass is 32.2. The molecule has 1 fully saturated rings. The Balaban J connectivity index is 1.65. The Morgan fingerprint density at radius 3 is 2.36 bits per heavy atom. The number of amides is 2. The molecule has 28 heavy (non-hydrogen) atoms. The third-order valence-electron chi connectivity index (χ3n) is 5.27. The molecule has 0 spiro atoms. The van der Waals surface area contributed by atoms with E-state index in [0.29, 0.717) is 10.7 Å². The first-order valence-electron chi connectivity index (χ1n) is 8.93. The van der Waals surface area contributed by atoms with Gasteiger partial charge in [0.25, 0.3) is 0 Å². The van der Waals surface area contributed by atoms with Crippen molar-refractivity contribution in [1.29, 1.82) is 0 Å². The van der Waals surface area contributed by atoms with Gasteiger partial charge in [0.2, 0.25) is 11.8 Å². The van der Waals surface area contributed by atoms with Crippen LogP contribution in [0.15, 0.2) is 64.4 Å². The third-order valence-corrected chi connectivity index (χ3v) is 7.68. The summed E-state index contributed by atoms with van der Waals surface area (Å²) in [5.74, 6) is -1.26. The van der Waals surface area contributed by atoms with Gasteiger partial charge < -0.3 is 4.98 Å². The Labute approximate surface area is 169 Å². The number of nitrogens with zero attached hydrogens (tertiary/aromatic N) is 1. The number of rotatable bonds is 2. The van der Waals surface area contributed by atoms with Crippen LogP contribution in [0.5, 0.6) is 0 Å². The molecule has 140 valence electrons. The number of aromatic amines is 1. The number of carbonyl (C=O) groups is 2. The fourth-order valence-corrected chi connectivity index (χ4v) is 6.50. The molecule has 0 unspecified atom stereocenters. The standard InChI is InChI=1S/C21H16N2O3S2/c1-11-7-9-13(10-8-11)23-19(24)15-14(12-5-3-2-4-6-12)16-18(22-21(26)28-16)27-17(15)20(23)25/h2-10,14-15,17H,1H3,(H,22,26)/t14-,15+,17+/m0/s1. The van der Waals surface area contributed by atoms with E-state index in [1.54, 1.807) is 0 Å². The van der Waals surface area contributed by atoms with E-state index in [9.17, 15) is 14.4 Å². The maximum atomic E-state index is 13.4. The normalized spacial score (nSPS) is 23.6. The van der Waals surface area contributed by atoms with Crippen LogP contribution in [0.3, 0.4) is 0 Å². The monoisotopic (exact) mass is 408 g/mol. The van der Waals surface area contributed by atoms with Gasteiger partial charge in [-0.3, -0.25) is 14.4 Å². The summed E-state index contributed by atoms with van der Waals surface area (Å²) in [5, 5.41) is 0.161. The molecule has 2 amide bonds. The molecule has 2 aliphatic rings. The third kappa shape index (κ3) is 2.57. The van der Waals surface area contributed by atoms with Crippen molar-refractivity contribution in [1.82, 2.24) is 4.98 Å². The first-order chi connectivity index (χ1) is 13.5. The lowest BCUT2D eigenvalue weighted by Gasteiger charge is -2.29. The Bertz CT molecular complexity index is 1130. The van der Waals surface area contributed by atoms with Gasteiger partial charge in [-0.1, -0.05) is 71.1 Å².